The molecule has 31 heavy (non-hydrogen) atoms. The molecule has 2 aromatic carbocycles. The third-order valence-corrected chi connectivity index (χ3v) is 7.28. The maximum Gasteiger partial charge on any atom is 0.227 e. The molecule has 0 radical (unpaired) electrons. The summed E-state index contributed by atoms with van der Waals surface area (Å²) in [7, 11) is 1.68. The molecular formula is C25H30N2O3S. The molecule has 0 N–H and O–H groups in total. The van der Waals surface area contributed by atoms with E-state index in [0.717, 1.165) is 54.4 Å². The lowest BCUT2D eigenvalue weighted by Crippen LogP contribution is -2.40. The molecule has 4 rings (SSSR count). The van der Waals surface area contributed by atoms with Crippen LogP contribution in [0.1, 0.15) is 31.2 Å². The quantitative estimate of drug-likeness (QED) is 0.671. The molecule has 0 aliphatic carbocycles. The molecule has 5 nitrogen and oxygen atoms in total. The number of benzene rings is 2. The predicted octanol–water partition coefficient (Wildman–Crippen LogP) is 4.40. The number of anilines is 1. The van der Waals surface area contributed by atoms with E-state index >= 15 is 0 Å². The van der Waals surface area contributed by atoms with Gasteiger partial charge in [-0.25, -0.2) is 0 Å². The molecule has 0 bridgehead atoms. The Balaban J connectivity index is 1.23. The Kier molecular flexibility index (Phi) is 7.17. The standard InChI is InChI=1S/C25H30N2O3S/c1-30-21-8-6-19(7-9-21)18-20-12-14-26(15-13-20)24(28)10-11-25(29)27-16-17-31-23-5-3-2-4-22(23)27/h2-9,20H,10-18H2,1H3. The van der Waals surface area contributed by atoms with Gasteiger partial charge in [0.1, 0.15) is 5.75 Å². The molecule has 2 heterocycles. The fraction of sp³-hybridized carbons (Fsp3) is 0.440. The Morgan fingerprint density at radius 2 is 1.68 bits per heavy atom. The van der Waals surface area contributed by atoms with Crippen molar-refractivity contribution in [3.63, 3.8) is 0 Å². The number of thioether (sulfide) groups is 1. The van der Waals surface area contributed by atoms with Crippen molar-refractivity contribution in [1.82, 2.24) is 4.90 Å². The number of likely N-dealkylation sites (tertiary alicyclic amines) is 1. The van der Waals surface area contributed by atoms with E-state index in [1.807, 2.05) is 40.1 Å². The van der Waals surface area contributed by atoms with Gasteiger partial charge >= 0.3 is 0 Å². The van der Waals surface area contributed by atoms with Crippen molar-refractivity contribution in [1.29, 1.82) is 0 Å². The first-order chi connectivity index (χ1) is 15.1. The Hall–Kier alpha value is -2.47. The van der Waals surface area contributed by atoms with Crippen LogP contribution in [0.15, 0.2) is 53.4 Å². The van der Waals surface area contributed by atoms with Crippen molar-refractivity contribution in [2.24, 2.45) is 5.92 Å². The van der Waals surface area contributed by atoms with Gasteiger partial charge < -0.3 is 14.5 Å². The molecule has 0 spiro atoms. The Bertz CT molecular complexity index is 907. The summed E-state index contributed by atoms with van der Waals surface area (Å²) in [5, 5.41) is 0. The van der Waals surface area contributed by atoms with E-state index in [-0.39, 0.29) is 18.2 Å². The van der Waals surface area contributed by atoms with E-state index < -0.39 is 0 Å². The van der Waals surface area contributed by atoms with Crippen LogP contribution in [0.25, 0.3) is 0 Å². The van der Waals surface area contributed by atoms with E-state index in [2.05, 4.69) is 18.2 Å². The smallest absolute Gasteiger partial charge is 0.227 e. The Morgan fingerprint density at radius 1 is 0.968 bits per heavy atom. The second-order valence-corrected chi connectivity index (χ2v) is 9.37. The van der Waals surface area contributed by atoms with E-state index in [4.69, 9.17) is 4.74 Å². The Morgan fingerprint density at radius 3 is 2.42 bits per heavy atom. The maximum atomic E-state index is 12.8. The number of carbonyl (C=O) groups is 2. The van der Waals surface area contributed by atoms with E-state index in [1.54, 1.807) is 18.9 Å². The maximum absolute atomic E-state index is 12.8. The number of methoxy groups -OCH3 is 1. The SMILES string of the molecule is COc1ccc(CC2CCN(C(=O)CCC(=O)N3CCSc4ccccc43)CC2)cc1. The van der Waals surface area contributed by atoms with Gasteiger partial charge in [-0.3, -0.25) is 9.59 Å². The number of para-hydroxylation sites is 1. The molecular weight excluding hydrogens is 408 g/mol. The van der Waals surface area contributed by atoms with Gasteiger partial charge in [-0.05, 0) is 55.0 Å². The van der Waals surface area contributed by atoms with Crippen molar-refractivity contribution in [2.45, 2.75) is 37.0 Å². The van der Waals surface area contributed by atoms with Crippen molar-refractivity contribution < 1.29 is 14.3 Å². The number of hydrogen-bond acceptors (Lipinski definition) is 4. The highest BCUT2D eigenvalue weighted by Gasteiger charge is 2.26. The van der Waals surface area contributed by atoms with Crippen LogP contribution in [0.2, 0.25) is 0 Å². The molecule has 164 valence electrons. The zero-order valence-corrected chi connectivity index (χ0v) is 18.9. The minimum absolute atomic E-state index is 0.0514. The van der Waals surface area contributed by atoms with Gasteiger partial charge in [0.2, 0.25) is 11.8 Å². The zero-order valence-electron chi connectivity index (χ0n) is 18.1. The fourth-order valence-electron chi connectivity index (χ4n) is 4.42. The van der Waals surface area contributed by atoms with Crippen LogP contribution in [-0.4, -0.2) is 49.2 Å². The van der Waals surface area contributed by atoms with Crippen LogP contribution < -0.4 is 9.64 Å². The average molecular weight is 439 g/mol. The van der Waals surface area contributed by atoms with Gasteiger partial charge in [0, 0.05) is 43.1 Å². The summed E-state index contributed by atoms with van der Waals surface area (Å²) >= 11 is 1.78. The number of nitrogens with zero attached hydrogens (tertiary/aromatic N) is 2. The molecule has 2 aliphatic heterocycles. The highest BCUT2D eigenvalue weighted by atomic mass is 32.2. The number of rotatable bonds is 6. The monoisotopic (exact) mass is 438 g/mol. The van der Waals surface area contributed by atoms with Crippen LogP contribution >= 0.6 is 11.8 Å². The van der Waals surface area contributed by atoms with Crippen LogP contribution in [0.5, 0.6) is 5.75 Å². The van der Waals surface area contributed by atoms with Gasteiger partial charge in [-0.1, -0.05) is 24.3 Å². The summed E-state index contributed by atoms with van der Waals surface area (Å²) in [6, 6.07) is 16.3. The molecule has 2 aliphatic rings. The molecule has 0 aromatic heterocycles. The summed E-state index contributed by atoms with van der Waals surface area (Å²) in [6.07, 6.45) is 3.65. The topological polar surface area (TPSA) is 49.9 Å². The largest absolute Gasteiger partial charge is 0.497 e. The highest BCUT2D eigenvalue weighted by Crippen LogP contribution is 2.34. The summed E-state index contributed by atoms with van der Waals surface area (Å²) in [5.41, 5.74) is 2.30. The molecule has 6 heteroatoms. The van der Waals surface area contributed by atoms with E-state index in [9.17, 15) is 9.59 Å². The minimum Gasteiger partial charge on any atom is -0.497 e. The molecule has 0 unspecified atom stereocenters. The first kappa shape index (κ1) is 21.8. The summed E-state index contributed by atoms with van der Waals surface area (Å²) in [4.78, 5) is 30.4. The molecule has 0 saturated carbocycles. The normalized spacial score (nSPS) is 16.7. The number of fused-ring (bicyclic) bond motifs is 1. The zero-order chi connectivity index (χ0) is 21.6. The van der Waals surface area contributed by atoms with E-state index in [1.165, 1.54) is 5.56 Å². The first-order valence-electron chi connectivity index (χ1n) is 11.1. The third kappa shape index (κ3) is 5.42. The van der Waals surface area contributed by atoms with Crippen LogP contribution in [0.3, 0.4) is 0 Å². The lowest BCUT2D eigenvalue weighted by Gasteiger charge is -2.33. The molecule has 1 fully saturated rings. The number of amides is 2. The van der Waals surface area contributed by atoms with Gasteiger partial charge in [-0.2, -0.15) is 0 Å². The summed E-state index contributed by atoms with van der Waals surface area (Å²) in [6.45, 7) is 2.29. The van der Waals surface area contributed by atoms with Crippen LogP contribution in [0.4, 0.5) is 5.69 Å². The summed E-state index contributed by atoms with van der Waals surface area (Å²) in [5.74, 6) is 2.54. The van der Waals surface area contributed by atoms with Crippen LogP contribution in [-0.2, 0) is 16.0 Å². The van der Waals surface area contributed by atoms with Crippen molar-refractivity contribution in [3.8, 4) is 5.75 Å². The lowest BCUT2D eigenvalue weighted by atomic mass is 9.90. The predicted molar refractivity (Wildman–Crippen MR) is 125 cm³/mol. The van der Waals surface area contributed by atoms with Crippen LogP contribution in [0, 0.1) is 5.92 Å². The fourth-order valence-corrected chi connectivity index (χ4v) is 5.41. The number of piperidine rings is 1. The molecule has 2 amide bonds. The van der Waals surface area contributed by atoms with Gasteiger partial charge in [0.15, 0.2) is 0 Å². The summed E-state index contributed by atoms with van der Waals surface area (Å²) < 4.78 is 5.22. The number of hydrogen-bond donors (Lipinski definition) is 0. The average Bonchev–Trinajstić information content (AvgIpc) is 2.83. The van der Waals surface area contributed by atoms with Crippen molar-refractivity contribution >= 4 is 29.3 Å². The molecule has 1 saturated heterocycles. The molecule has 0 atom stereocenters. The number of ether oxygens (including phenoxy) is 1. The second kappa shape index (κ2) is 10.2. The van der Waals surface area contributed by atoms with E-state index in [0.29, 0.717) is 18.9 Å². The lowest BCUT2D eigenvalue weighted by molar-refractivity contribution is -0.134. The third-order valence-electron chi connectivity index (χ3n) is 6.23. The van der Waals surface area contributed by atoms with Gasteiger partial charge in [0.05, 0.1) is 12.8 Å². The number of carbonyl (C=O) groups excluding carboxylic acids is 2. The highest BCUT2D eigenvalue weighted by molar-refractivity contribution is 7.99. The van der Waals surface area contributed by atoms with Crippen molar-refractivity contribution in [2.75, 3.05) is 37.4 Å². The second-order valence-electron chi connectivity index (χ2n) is 8.24. The van der Waals surface area contributed by atoms with Gasteiger partial charge in [-0.15, -0.1) is 11.8 Å². The van der Waals surface area contributed by atoms with Crippen molar-refractivity contribution in [3.05, 3.63) is 54.1 Å². The minimum atomic E-state index is 0.0514. The first-order valence-corrected chi connectivity index (χ1v) is 12.1. The molecule has 2 aromatic rings. The Labute approximate surface area is 188 Å². The van der Waals surface area contributed by atoms with Gasteiger partial charge in [0.25, 0.3) is 0 Å².